The molecule has 0 fully saturated rings. The molecule has 0 aliphatic carbocycles. The summed E-state index contributed by atoms with van der Waals surface area (Å²) in [5.41, 5.74) is 1.18. The van der Waals surface area contributed by atoms with E-state index in [9.17, 15) is 0 Å². The van der Waals surface area contributed by atoms with E-state index < -0.39 is 0 Å². The van der Waals surface area contributed by atoms with Crippen LogP contribution < -0.4 is 0 Å². The first kappa shape index (κ1) is 7.22. The van der Waals surface area contributed by atoms with Crippen LogP contribution in [0.15, 0.2) is 41.3 Å². The van der Waals surface area contributed by atoms with Gasteiger partial charge in [0.1, 0.15) is 5.76 Å². The van der Waals surface area contributed by atoms with E-state index in [0.717, 1.165) is 12.3 Å². The van der Waals surface area contributed by atoms with E-state index in [2.05, 4.69) is 10.6 Å². The first-order valence-electron chi connectivity index (χ1n) is 3.99. The monoisotopic (exact) mass is 161 g/mol. The Kier molecular flexibility index (Phi) is 1.74. The summed E-state index contributed by atoms with van der Waals surface area (Å²) in [6.07, 6.45) is 5.83. The van der Waals surface area contributed by atoms with E-state index in [4.69, 9.17) is 4.42 Å². The number of hydrogen-bond donors (Lipinski definition) is 0. The van der Waals surface area contributed by atoms with E-state index in [1.165, 1.54) is 5.56 Å². The van der Waals surface area contributed by atoms with E-state index in [-0.39, 0.29) is 0 Å². The van der Waals surface area contributed by atoms with Crippen molar-refractivity contribution in [3.63, 3.8) is 0 Å². The minimum atomic E-state index is 0.820. The molecule has 0 amide bonds. The molecular weight excluding hydrogens is 150 g/mol. The summed E-state index contributed by atoms with van der Waals surface area (Å²) in [5.74, 6) is 1.00. The molecule has 0 saturated heterocycles. The lowest BCUT2D eigenvalue weighted by molar-refractivity contribution is 0.493. The molecule has 0 bridgehead atoms. The highest BCUT2D eigenvalue weighted by molar-refractivity contribution is 5.11. The fourth-order valence-corrected chi connectivity index (χ4v) is 1.23. The summed E-state index contributed by atoms with van der Waals surface area (Å²) in [7, 11) is 0. The first-order valence-corrected chi connectivity index (χ1v) is 3.99. The molecule has 62 valence electrons. The molecule has 2 aromatic rings. The van der Waals surface area contributed by atoms with Gasteiger partial charge in [-0.05, 0) is 30.7 Å². The Labute approximate surface area is 71.4 Å². The van der Waals surface area contributed by atoms with Crippen molar-refractivity contribution >= 4 is 0 Å². The lowest BCUT2D eigenvalue weighted by Gasteiger charge is -1.96. The van der Waals surface area contributed by atoms with Crippen LogP contribution in [0.4, 0.5) is 0 Å². The quantitative estimate of drug-likeness (QED) is 0.661. The molecule has 2 aromatic heterocycles. The smallest absolute Gasteiger partial charge is 0.123 e. The Morgan fingerprint density at radius 3 is 2.67 bits per heavy atom. The highest BCUT2D eigenvalue weighted by Gasteiger charge is 1.97. The molecule has 2 nitrogen and oxygen atoms in total. The van der Waals surface area contributed by atoms with Crippen LogP contribution in [-0.4, -0.2) is 4.57 Å². The largest absolute Gasteiger partial charge is 0.467 e. The number of furan rings is 1. The summed E-state index contributed by atoms with van der Waals surface area (Å²) in [6, 6.07) is 6.07. The maximum absolute atomic E-state index is 5.32. The third-order valence-electron chi connectivity index (χ3n) is 1.79. The minimum absolute atomic E-state index is 0.820. The Balaban J connectivity index is 2.14. The summed E-state index contributed by atoms with van der Waals surface area (Å²) in [4.78, 5) is 0. The predicted octanol–water partition coefficient (Wildman–Crippen LogP) is 2.44. The Hall–Kier alpha value is -1.44. The van der Waals surface area contributed by atoms with E-state index in [0.29, 0.717) is 0 Å². The highest BCUT2D eigenvalue weighted by atomic mass is 16.3. The standard InChI is InChI=1S/C10H11NO/c1-9-6-10(12-8-9)7-11-4-2-3-5-11/h2-6,8H,7H2,1H3. The van der Waals surface area contributed by atoms with E-state index in [1.807, 2.05) is 31.5 Å². The van der Waals surface area contributed by atoms with Gasteiger partial charge in [-0.15, -0.1) is 0 Å². The molecule has 0 aromatic carbocycles. The van der Waals surface area contributed by atoms with E-state index >= 15 is 0 Å². The number of rotatable bonds is 2. The van der Waals surface area contributed by atoms with Crippen molar-refractivity contribution in [1.82, 2.24) is 4.57 Å². The molecule has 0 saturated carbocycles. The van der Waals surface area contributed by atoms with E-state index in [1.54, 1.807) is 6.26 Å². The van der Waals surface area contributed by atoms with Gasteiger partial charge >= 0.3 is 0 Å². The molecule has 0 atom stereocenters. The van der Waals surface area contributed by atoms with Crippen molar-refractivity contribution in [2.75, 3.05) is 0 Å². The van der Waals surface area contributed by atoms with Crippen LogP contribution >= 0.6 is 0 Å². The lowest BCUT2D eigenvalue weighted by atomic mass is 10.3. The zero-order valence-corrected chi connectivity index (χ0v) is 7.03. The molecule has 0 N–H and O–H groups in total. The molecule has 0 radical (unpaired) electrons. The van der Waals surface area contributed by atoms with Crippen LogP contribution in [0, 0.1) is 6.92 Å². The molecular formula is C10H11NO. The Bertz CT molecular complexity index is 346. The van der Waals surface area contributed by atoms with Crippen LogP contribution in [0.1, 0.15) is 11.3 Å². The van der Waals surface area contributed by atoms with Crippen LogP contribution in [0.2, 0.25) is 0 Å². The molecule has 0 aliphatic heterocycles. The molecule has 0 aliphatic rings. The Morgan fingerprint density at radius 2 is 2.08 bits per heavy atom. The van der Waals surface area contributed by atoms with Gasteiger partial charge in [-0.3, -0.25) is 0 Å². The van der Waals surface area contributed by atoms with Crippen molar-refractivity contribution in [3.8, 4) is 0 Å². The fraction of sp³-hybridized carbons (Fsp3) is 0.200. The van der Waals surface area contributed by atoms with Crippen LogP contribution in [-0.2, 0) is 6.54 Å². The molecule has 2 heteroatoms. The van der Waals surface area contributed by atoms with Gasteiger partial charge in [-0.2, -0.15) is 0 Å². The summed E-state index contributed by atoms with van der Waals surface area (Å²) in [6.45, 7) is 2.85. The fourth-order valence-electron chi connectivity index (χ4n) is 1.23. The van der Waals surface area contributed by atoms with Gasteiger partial charge in [0.05, 0.1) is 12.8 Å². The normalized spacial score (nSPS) is 10.4. The second kappa shape index (κ2) is 2.89. The molecule has 0 unspecified atom stereocenters. The van der Waals surface area contributed by atoms with Gasteiger partial charge in [0.2, 0.25) is 0 Å². The third kappa shape index (κ3) is 1.42. The number of hydrogen-bond acceptors (Lipinski definition) is 1. The van der Waals surface area contributed by atoms with Crippen molar-refractivity contribution < 1.29 is 4.42 Å². The zero-order chi connectivity index (χ0) is 8.39. The lowest BCUT2D eigenvalue weighted by Crippen LogP contribution is -1.93. The maximum atomic E-state index is 5.32. The predicted molar refractivity (Wildman–Crippen MR) is 47.0 cm³/mol. The topological polar surface area (TPSA) is 18.1 Å². The molecule has 0 spiro atoms. The van der Waals surface area contributed by atoms with Crippen molar-refractivity contribution in [2.24, 2.45) is 0 Å². The number of nitrogens with zero attached hydrogens (tertiary/aromatic N) is 1. The first-order chi connectivity index (χ1) is 5.84. The molecule has 2 heterocycles. The minimum Gasteiger partial charge on any atom is -0.467 e. The summed E-state index contributed by atoms with van der Waals surface area (Å²) in [5, 5.41) is 0. The van der Waals surface area contributed by atoms with Gasteiger partial charge in [-0.25, -0.2) is 0 Å². The average Bonchev–Trinajstić information content (AvgIpc) is 2.63. The molecule has 12 heavy (non-hydrogen) atoms. The van der Waals surface area contributed by atoms with Gasteiger partial charge in [0, 0.05) is 12.4 Å². The number of aryl methyl sites for hydroxylation is 1. The maximum Gasteiger partial charge on any atom is 0.123 e. The van der Waals surface area contributed by atoms with Gasteiger partial charge in [-0.1, -0.05) is 0 Å². The third-order valence-corrected chi connectivity index (χ3v) is 1.79. The second-order valence-corrected chi connectivity index (χ2v) is 2.95. The number of aromatic nitrogens is 1. The highest BCUT2D eigenvalue weighted by Crippen LogP contribution is 2.07. The molecule has 2 rings (SSSR count). The Morgan fingerprint density at radius 1 is 1.33 bits per heavy atom. The van der Waals surface area contributed by atoms with Gasteiger partial charge in [0.15, 0.2) is 0 Å². The summed E-state index contributed by atoms with van der Waals surface area (Å²) < 4.78 is 7.40. The SMILES string of the molecule is Cc1coc(Cn2cccc2)c1. The van der Waals surface area contributed by atoms with Crippen LogP contribution in [0.5, 0.6) is 0 Å². The zero-order valence-electron chi connectivity index (χ0n) is 7.03. The van der Waals surface area contributed by atoms with Crippen LogP contribution in [0.25, 0.3) is 0 Å². The average molecular weight is 161 g/mol. The van der Waals surface area contributed by atoms with Gasteiger partial charge < -0.3 is 8.98 Å². The van der Waals surface area contributed by atoms with Crippen molar-refractivity contribution in [3.05, 3.63) is 48.2 Å². The van der Waals surface area contributed by atoms with Crippen molar-refractivity contribution in [2.45, 2.75) is 13.5 Å². The van der Waals surface area contributed by atoms with Crippen molar-refractivity contribution in [1.29, 1.82) is 0 Å². The van der Waals surface area contributed by atoms with Gasteiger partial charge in [0.25, 0.3) is 0 Å². The summed E-state index contributed by atoms with van der Waals surface area (Å²) >= 11 is 0. The van der Waals surface area contributed by atoms with Crippen LogP contribution in [0.3, 0.4) is 0 Å². The second-order valence-electron chi connectivity index (χ2n) is 2.95.